The molecule has 0 amide bonds. The van der Waals surface area contributed by atoms with Crippen molar-refractivity contribution in [2.45, 2.75) is 4.90 Å². The Morgan fingerprint density at radius 2 is 1.89 bits per heavy atom. The highest BCUT2D eigenvalue weighted by Crippen LogP contribution is 2.16. The van der Waals surface area contributed by atoms with Crippen molar-refractivity contribution in [3.8, 4) is 0 Å². The average molecular weight is 294 g/mol. The number of hydrogen-bond donors (Lipinski definition) is 0. The van der Waals surface area contributed by atoms with E-state index in [4.69, 9.17) is 11.6 Å². The second-order valence-electron chi connectivity index (χ2n) is 3.16. The van der Waals surface area contributed by atoms with Crippen LogP contribution >= 0.6 is 11.6 Å². The van der Waals surface area contributed by atoms with Gasteiger partial charge in [-0.1, -0.05) is 0 Å². The number of ether oxygens (including phenoxy) is 1. The van der Waals surface area contributed by atoms with Crippen molar-refractivity contribution >= 4 is 32.6 Å². The normalized spacial score (nSPS) is 10.9. The van der Waals surface area contributed by atoms with E-state index < -0.39 is 25.9 Å². The quantitative estimate of drug-likeness (QED) is 0.465. The fraction of sp³-hybridized carbons (Fsp3) is 0.222. The fourth-order valence-electron chi connectivity index (χ4n) is 1.12. The molecule has 0 spiro atoms. The molecule has 0 saturated heterocycles. The van der Waals surface area contributed by atoms with Gasteiger partial charge in [-0.25, -0.2) is 13.2 Å². The van der Waals surface area contributed by atoms with Gasteiger partial charge in [0.25, 0.3) is 5.69 Å². The average Bonchev–Trinajstić information content (AvgIpc) is 2.28. The number of benzene rings is 1. The number of carbonyl (C=O) groups is 1. The van der Waals surface area contributed by atoms with Crippen molar-refractivity contribution in [1.82, 2.24) is 0 Å². The lowest BCUT2D eigenvalue weighted by Gasteiger charge is -2.03. The molecule has 0 fully saturated rings. The maximum Gasteiger partial charge on any atom is 0.403 e. The van der Waals surface area contributed by atoms with Gasteiger partial charge in [0.15, 0.2) is 9.84 Å². The fourth-order valence-corrected chi connectivity index (χ4v) is 2.29. The van der Waals surface area contributed by atoms with E-state index in [1.54, 1.807) is 0 Å². The molecule has 1 aromatic rings. The van der Waals surface area contributed by atoms with E-state index in [0.29, 0.717) is 0 Å². The van der Waals surface area contributed by atoms with Crippen LogP contribution < -0.4 is 0 Å². The van der Waals surface area contributed by atoms with Crippen LogP contribution in [-0.2, 0) is 14.6 Å². The second-order valence-corrected chi connectivity index (χ2v) is 5.57. The molecule has 0 saturated carbocycles. The van der Waals surface area contributed by atoms with Crippen LogP contribution in [0.3, 0.4) is 0 Å². The summed E-state index contributed by atoms with van der Waals surface area (Å²) < 4.78 is 27.7. The van der Waals surface area contributed by atoms with Crippen molar-refractivity contribution in [3.63, 3.8) is 0 Å². The van der Waals surface area contributed by atoms with Gasteiger partial charge in [-0.05, 0) is 12.1 Å². The maximum atomic E-state index is 11.7. The van der Waals surface area contributed by atoms with E-state index in [0.717, 1.165) is 24.3 Å². The molecule has 1 aromatic carbocycles. The predicted octanol–water partition coefficient (Wildman–Crippen LogP) is 1.74. The van der Waals surface area contributed by atoms with Gasteiger partial charge in [0, 0.05) is 23.7 Å². The van der Waals surface area contributed by atoms with Crippen LogP contribution in [0, 0.1) is 10.1 Å². The second kappa shape index (κ2) is 5.78. The molecule has 0 radical (unpaired) electrons. The Bertz CT molecular complexity index is 553. The molecule has 98 valence electrons. The van der Waals surface area contributed by atoms with Crippen molar-refractivity contribution < 1.29 is 22.9 Å². The van der Waals surface area contributed by atoms with Crippen molar-refractivity contribution in [1.29, 1.82) is 0 Å². The smallest absolute Gasteiger partial charge is 0.403 e. The largest absolute Gasteiger partial charge is 0.453 e. The number of sulfone groups is 1. The first-order chi connectivity index (χ1) is 8.33. The van der Waals surface area contributed by atoms with Crippen molar-refractivity contribution in [2.24, 2.45) is 0 Å². The molecule has 0 atom stereocenters. The van der Waals surface area contributed by atoms with E-state index >= 15 is 0 Å². The minimum atomic E-state index is -3.66. The zero-order chi connectivity index (χ0) is 13.8. The summed E-state index contributed by atoms with van der Waals surface area (Å²) >= 11 is 4.88. The number of hydrogen-bond acceptors (Lipinski definition) is 6. The van der Waals surface area contributed by atoms with Gasteiger partial charge in [-0.3, -0.25) is 10.1 Å². The molecular weight excluding hydrogens is 286 g/mol. The zero-order valence-corrected chi connectivity index (χ0v) is 10.5. The Morgan fingerprint density at radius 1 is 1.33 bits per heavy atom. The Kier molecular flexibility index (Phi) is 4.62. The van der Waals surface area contributed by atoms with Gasteiger partial charge >= 0.3 is 5.43 Å². The summed E-state index contributed by atoms with van der Waals surface area (Å²) in [7, 11) is -3.66. The molecule has 9 heteroatoms. The third-order valence-electron chi connectivity index (χ3n) is 1.97. The number of nitro groups is 1. The Labute approximate surface area is 107 Å². The maximum absolute atomic E-state index is 11.7. The lowest BCUT2D eigenvalue weighted by atomic mass is 10.3. The summed E-state index contributed by atoms with van der Waals surface area (Å²) in [4.78, 5) is 19.9. The number of halogens is 1. The summed E-state index contributed by atoms with van der Waals surface area (Å²) in [6.45, 7) is -0.373. The lowest BCUT2D eigenvalue weighted by Crippen LogP contribution is -2.13. The first-order valence-electron chi connectivity index (χ1n) is 4.62. The van der Waals surface area contributed by atoms with Gasteiger partial charge in [-0.15, -0.1) is 0 Å². The molecule has 18 heavy (non-hydrogen) atoms. The van der Waals surface area contributed by atoms with Crippen LogP contribution in [0.4, 0.5) is 10.5 Å². The zero-order valence-electron chi connectivity index (χ0n) is 8.91. The Hall–Kier alpha value is -1.67. The molecule has 0 aliphatic carbocycles. The Balaban J connectivity index is 2.79. The molecule has 0 N–H and O–H groups in total. The van der Waals surface area contributed by atoms with Crippen LogP contribution in [0.5, 0.6) is 0 Å². The van der Waals surface area contributed by atoms with Gasteiger partial charge in [0.2, 0.25) is 0 Å². The SMILES string of the molecule is O=C(Cl)OCCS(=O)(=O)c1ccc([N+](=O)[O-])cc1. The monoisotopic (exact) mass is 293 g/mol. The van der Waals surface area contributed by atoms with Gasteiger partial charge in [0.1, 0.15) is 6.61 Å². The molecular formula is C9H8ClNO6S. The lowest BCUT2D eigenvalue weighted by molar-refractivity contribution is -0.384. The van der Waals surface area contributed by atoms with E-state index in [2.05, 4.69) is 4.74 Å². The summed E-state index contributed by atoms with van der Waals surface area (Å²) in [5.74, 6) is -0.441. The van der Waals surface area contributed by atoms with Crippen molar-refractivity contribution in [2.75, 3.05) is 12.4 Å². The van der Waals surface area contributed by atoms with Crippen LogP contribution in [0.2, 0.25) is 0 Å². The molecule has 0 heterocycles. The molecule has 0 bridgehead atoms. The third-order valence-corrected chi connectivity index (χ3v) is 3.78. The third kappa shape index (κ3) is 3.97. The minimum absolute atomic E-state index is 0.0845. The highest BCUT2D eigenvalue weighted by molar-refractivity contribution is 7.91. The molecule has 0 unspecified atom stereocenters. The van der Waals surface area contributed by atoms with Gasteiger partial charge < -0.3 is 4.74 Å². The summed E-state index contributed by atoms with van der Waals surface area (Å²) in [6.07, 6.45) is 0. The topological polar surface area (TPSA) is 104 Å². The highest BCUT2D eigenvalue weighted by atomic mass is 35.5. The molecule has 0 aliphatic rings. The first-order valence-corrected chi connectivity index (χ1v) is 6.65. The number of carbonyl (C=O) groups excluding carboxylic acids is 1. The van der Waals surface area contributed by atoms with Crippen LogP contribution in [0.1, 0.15) is 0 Å². The molecule has 7 nitrogen and oxygen atoms in total. The summed E-state index contributed by atoms with van der Waals surface area (Å²) in [6, 6.07) is 4.41. The van der Waals surface area contributed by atoms with E-state index in [-0.39, 0.29) is 17.2 Å². The van der Waals surface area contributed by atoms with E-state index in [9.17, 15) is 23.3 Å². The summed E-state index contributed by atoms with van der Waals surface area (Å²) in [5.41, 5.74) is -1.30. The number of non-ortho nitro benzene ring substituents is 1. The molecule has 0 aliphatic heterocycles. The van der Waals surface area contributed by atoms with Crippen molar-refractivity contribution in [3.05, 3.63) is 34.4 Å². The van der Waals surface area contributed by atoms with Crippen LogP contribution in [-0.4, -0.2) is 31.1 Å². The van der Waals surface area contributed by atoms with E-state index in [1.165, 1.54) is 0 Å². The Morgan fingerprint density at radius 3 is 2.33 bits per heavy atom. The highest BCUT2D eigenvalue weighted by Gasteiger charge is 2.16. The first kappa shape index (κ1) is 14.4. The number of rotatable bonds is 5. The predicted molar refractivity (Wildman–Crippen MR) is 62.4 cm³/mol. The number of nitrogens with zero attached hydrogens (tertiary/aromatic N) is 1. The van der Waals surface area contributed by atoms with E-state index in [1.807, 2.05) is 0 Å². The minimum Gasteiger partial charge on any atom is -0.453 e. The number of nitro benzene ring substituents is 1. The summed E-state index contributed by atoms with van der Waals surface area (Å²) in [5, 5.41) is 10.4. The standard InChI is InChI=1S/C9H8ClNO6S/c10-9(12)17-5-6-18(15,16)8-3-1-7(2-4-8)11(13)14/h1-4H,5-6H2. The van der Waals surface area contributed by atoms with Crippen LogP contribution in [0.25, 0.3) is 0 Å². The van der Waals surface area contributed by atoms with Gasteiger partial charge in [0.05, 0.1) is 15.6 Å². The molecule has 1 rings (SSSR count). The van der Waals surface area contributed by atoms with Crippen LogP contribution in [0.15, 0.2) is 29.2 Å². The molecule has 0 aromatic heterocycles. The van der Waals surface area contributed by atoms with Gasteiger partial charge in [-0.2, -0.15) is 0 Å².